The van der Waals surface area contributed by atoms with E-state index in [1.165, 1.54) is 23.9 Å². The number of benzene rings is 3. The molecule has 0 aliphatic heterocycles. The van der Waals surface area contributed by atoms with Crippen LogP contribution in [0, 0.1) is 10.1 Å². The molecule has 11 nitrogen and oxygen atoms in total. The number of nitro groups is 1. The predicted octanol–water partition coefficient (Wildman–Crippen LogP) is 4.32. The number of fused-ring (bicyclic) bond motifs is 3. The molecule has 3 aromatic carbocycles. The van der Waals surface area contributed by atoms with Crippen molar-refractivity contribution in [2.45, 2.75) is 11.6 Å². The van der Waals surface area contributed by atoms with E-state index in [1.807, 2.05) is 42.5 Å². The van der Waals surface area contributed by atoms with E-state index in [2.05, 4.69) is 10.4 Å². The lowest BCUT2D eigenvalue weighted by Gasteiger charge is -2.10. The second-order valence-electron chi connectivity index (χ2n) is 8.46. The van der Waals surface area contributed by atoms with Gasteiger partial charge < -0.3 is 14.8 Å². The summed E-state index contributed by atoms with van der Waals surface area (Å²) in [6, 6.07) is 19.3. The van der Waals surface area contributed by atoms with Gasteiger partial charge in [-0.2, -0.15) is 4.52 Å². The molecule has 0 unspecified atom stereocenters. The number of rotatable bonds is 10. The van der Waals surface area contributed by atoms with Crippen LogP contribution in [0.25, 0.3) is 27.9 Å². The molecular weight excluding hydrogens is 520 g/mol. The number of amides is 1. The molecule has 1 N–H and O–H groups in total. The molecule has 0 aliphatic rings. The van der Waals surface area contributed by atoms with Gasteiger partial charge in [-0.1, -0.05) is 30.0 Å². The molecule has 39 heavy (non-hydrogen) atoms. The molecule has 0 aliphatic carbocycles. The Bertz CT molecular complexity index is 1670. The monoisotopic (exact) mass is 544 g/mol. The average Bonchev–Trinajstić information content (AvgIpc) is 3.42. The van der Waals surface area contributed by atoms with E-state index in [0.717, 1.165) is 16.5 Å². The second kappa shape index (κ2) is 11.4. The smallest absolute Gasteiger partial charge is 0.269 e. The lowest BCUT2D eigenvalue weighted by molar-refractivity contribution is -0.384. The van der Waals surface area contributed by atoms with E-state index in [1.54, 1.807) is 30.9 Å². The number of nitro benzene ring substituents is 1. The Kier molecular flexibility index (Phi) is 7.55. The Balaban J connectivity index is 1.31. The van der Waals surface area contributed by atoms with Crippen molar-refractivity contribution < 1.29 is 19.2 Å². The zero-order valence-electron chi connectivity index (χ0n) is 21.2. The molecule has 0 saturated carbocycles. The van der Waals surface area contributed by atoms with Crippen LogP contribution >= 0.6 is 11.8 Å². The summed E-state index contributed by atoms with van der Waals surface area (Å²) in [4.78, 5) is 32.6. The molecule has 0 saturated heterocycles. The first-order valence-corrected chi connectivity index (χ1v) is 13.0. The van der Waals surface area contributed by atoms with Crippen molar-refractivity contribution in [1.82, 2.24) is 24.9 Å². The highest BCUT2D eigenvalue weighted by atomic mass is 32.2. The van der Waals surface area contributed by atoms with Crippen molar-refractivity contribution in [3.05, 3.63) is 82.4 Å². The number of methoxy groups -OCH3 is 2. The molecule has 0 spiro atoms. The van der Waals surface area contributed by atoms with Gasteiger partial charge in [0.05, 0.1) is 30.4 Å². The normalized spacial score (nSPS) is 11.0. The van der Waals surface area contributed by atoms with Gasteiger partial charge in [-0.15, -0.1) is 5.10 Å². The third-order valence-electron chi connectivity index (χ3n) is 6.00. The highest BCUT2D eigenvalue weighted by Crippen LogP contribution is 2.28. The highest BCUT2D eigenvalue weighted by molar-refractivity contribution is 7.99. The lowest BCUT2D eigenvalue weighted by atomic mass is 10.1. The van der Waals surface area contributed by atoms with Crippen LogP contribution in [-0.2, 0) is 11.2 Å². The van der Waals surface area contributed by atoms with Crippen LogP contribution in [0.3, 0.4) is 0 Å². The van der Waals surface area contributed by atoms with Gasteiger partial charge in [0.2, 0.25) is 5.91 Å². The molecule has 2 aromatic heterocycles. The van der Waals surface area contributed by atoms with Crippen molar-refractivity contribution >= 4 is 39.9 Å². The Morgan fingerprint density at radius 1 is 1.03 bits per heavy atom. The number of carbonyl (C=O) groups excluding carboxylic acids is 1. The predicted molar refractivity (Wildman–Crippen MR) is 147 cm³/mol. The molecule has 2 heterocycles. The standard InChI is InChI=1S/C27H24N6O5S/c1-37-22-12-7-17(15-23(22)38-2)13-14-28-24(34)16-39-27-29-21-6-4-3-5-20(21)26-30-25(31-32(26)27)18-8-10-19(11-9-18)33(35)36/h3-12,15H,13-14,16H2,1-2H3,(H,28,34). The summed E-state index contributed by atoms with van der Waals surface area (Å²) in [5.74, 6) is 1.70. The quantitative estimate of drug-likeness (QED) is 0.118. The van der Waals surface area contributed by atoms with E-state index < -0.39 is 4.92 Å². The zero-order valence-corrected chi connectivity index (χ0v) is 22.0. The van der Waals surface area contributed by atoms with Crippen molar-refractivity contribution in [1.29, 1.82) is 0 Å². The van der Waals surface area contributed by atoms with E-state index >= 15 is 0 Å². The van der Waals surface area contributed by atoms with Crippen LogP contribution in [0.2, 0.25) is 0 Å². The maximum absolute atomic E-state index is 12.6. The third-order valence-corrected chi connectivity index (χ3v) is 6.93. The largest absolute Gasteiger partial charge is 0.493 e. The van der Waals surface area contributed by atoms with Crippen molar-refractivity contribution in [2.24, 2.45) is 0 Å². The Hall–Kier alpha value is -4.71. The molecule has 0 atom stereocenters. The van der Waals surface area contributed by atoms with Gasteiger partial charge in [0.15, 0.2) is 28.1 Å². The summed E-state index contributed by atoms with van der Waals surface area (Å²) in [5, 5.41) is 19.9. The van der Waals surface area contributed by atoms with Crippen LogP contribution < -0.4 is 14.8 Å². The van der Waals surface area contributed by atoms with Gasteiger partial charge >= 0.3 is 0 Å². The maximum atomic E-state index is 12.6. The Labute approximate surface area is 227 Å². The number of non-ortho nitro benzene ring substituents is 1. The fourth-order valence-electron chi connectivity index (χ4n) is 4.04. The minimum atomic E-state index is -0.452. The molecule has 0 radical (unpaired) electrons. The average molecular weight is 545 g/mol. The molecule has 0 bridgehead atoms. The summed E-state index contributed by atoms with van der Waals surface area (Å²) in [6.07, 6.45) is 0.636. The number of para-hydroxylation sites is 1. The molecular formula is C27H24N6O5S. The second-order valence-corrected chi connectivity index (χ2v) is 9.41. The van der Waals surface area contributed by atoms with E-state index in [-0.39, 0.29) is 17.3 Å². The molecule has 0 fully saturated rings. The summed E-state index contributed by atoms with van der Waals surface area (Å²) >= 11 is 1.26. The van der Waals surface area contributed by atoms with Crippen LogP contribution in [0.1, 0.15) is 5.56 Å². The number of thioether (sulfide) groups is 1. The van der Waals surface area contributed by atoms with Gasteiger partial charge in [0, 0.05) is 29.6 Å². The first kappa shape index (κ1) is 25.9. The van der Waals surface area contributed by atoms with Crippen LogP contribution in [-0.4, -0.2) is 56.9 Å². The van der Waals surface area contributed by atoms with Crippen molar-refractivity contribution in [3.63, 3.8) is 0 Å². The third kappa shape index (κ3) is 5.60. The summed E-state index contributed by atoms with van der Waals surface area (Å²) in [5.41, 5.74) is 2.95. The molecule has 1 amide bonds. The zero-order chi connectivity index (χ0) is 27.4. The number of nitrogens with zero attached hydrogens (tertiary/aromatic N) is 5. The number of nitrogens with one attached hydrogen (secondary N) is 1. The van der Waals surface area contributed by atoms with Gasteiger partial charge in [0.25, 0.3) is 5.69 Å². The fraction of sp³-hybridized carbons (Fsp3) is 0.185. The van der Waals surface area contributed by atoms with E-state index in [0.29, 0.717) is 46.7 Å². The minimum absolute atomic E-state index is 0.0111. The summed E-state index contributed by atoms with van der Waals surface area (Å²) in [6.45, 7) is 0.461. The maximum Gasteiger partial charge on any atom is 0.269 e. The van der Waals surface area contributed by atoms with Crippen LogP contribution in [0.5, 0.6) is 11.5 Å². The number of ether oxygens (including phenoxy) is 2. The van der Waals surface area contributed by atoms with Crippen molar-refractivity contribution in [2.75, 3.05) is 26.5 Å². The molecule has 5 rings (SSSR count). The van der Waals surface area contributed by atoms with E-state index in [4.69, 9.17) is 19.4 Å². The molecule has 198 valence electrons. The first-order chi connectivity index (χ1) is 19.0. The van der Waals surface area contributed by atoms with Gasteiger partial charge in [-0.05, 0) is 48.4 Å². The van der Waals surface area contributed by atoms with Crippen molar-refractivity contribution in [3.8, 4) is 22.9 Å². The summed E-state index contributed by atoms with van der Waals surface area (Å²) < 4.78 is 12.2. The molecule has 5 aromatic rings. The number of aromatic nitrogens is 4. The van der Waals surface area contributed by atoms with Gasteiger partial charge in [0.1, 0.15) is 0 Å². The number of carbonyl (C=O) groups is 1. The van der Waals surface area contributed by atoms with E-state index in [9.17, 15) is 14.9 Å². The number of hydrogen-bond acceptors (Lipinski definition) is 9. The lowest BCUT2D eigenvalue weighted by Crippen LogP contribution is -2.27. The topological polar surface area (TPSA) is 134 Å². The summed E-state index contributed by atoms with van der Waals surface area (Å²) in [7, 11) is 3.17. The highest BCUT2D eigenvalue weighted by Gasteiger charge is 2.17. The van der Waals surface area contributed by atoms with Gasteiger partial charge in [-0.25, -0.2) is 9.97 Å². The minimum Gasteiger partial charge on any atom is -0.493 e. The first-order valence-electron chi connectivity index (χ1n) is 12.0. The van der Waals surface area contributed by atoms with Crippen LogP contribution in [0.4, 0.5) is 5.69 Å². The SMILES string of the molecule is COc1ccc(CCNC(=O)CSc2nc3ccccc3c3nc(-c4ccc([N+](=O)[O-])cc4)nn23)cc1OC. The van der Waals surface area contributed by atoms with Crippen LogP contribution in [0.15, 0.2) is 71.9 Å². The van der Waals surface area contributed by atoms with Gasteiger partial charge in [-0.3, -0.25) is 14.9 Å². The number of hydrogen-bond donors (Lipinski definition) is 1. The Morgan fingerprint density at radius 2 is 1.79 bits per heavy atom. The molecule has 12 heteroatoms. The fourth-order valence-corrected chi connectivity index (χ4v) is 4.82. The Morgan fingerprint density at radius 3 is 2.54 bits per heavy atom.